The molecule has 120 valence electrons. The first-order chi connectivity index (χ1) is 10.1. The summed E-state index contributed by atoms with van der Waals surface area (Å²) in [6.45, 7) is 12.4. The molecular weight excluding hydrogens is 396 g/mol. The Morgan fingerprint density at radius 2 is 1.76 bits per heavy atom. The van der Waals surface area contributed by atoms with Gasteiger partial charge in [-0.1, -0.05) is 13.8 Å². The molecule has 0 radical (unpaired) electrons. The number of nitrogens with zero attached hydrogens (tertiary/aromatic N) is 1. The smallest absolute Gasteiger partial charge is 0.147 e. The standard InChI is InChI=1S/C16H26Br2N2O/c1-4-8-20(5-2)9-7-19-12-13-10-14(17)16(21-6-3)15(18)11-13/h10-11,19H,4-9,12H2,1-3H3. The van der Waals surface area contributed by atoms with Gasteiger partial charge in [-0.15, -0.1) is 0 Å². The molecule has 0 aromatic heterocycles. The SMILES string of the molecule is CCCN(CC)CCNCc1cc(Br)c(OCC)c(Br)c1. The molecule has 1 aromatic carbocycles. The molecule has 5 heteroatoms. The minimum absolute atomic E-state index is 0.666. The van der Waals surface area contributed by atoms with E-state index in [2.05, 4.69) is 68.1 Å². The van der Waals surface area contributed by atoms with E-state index in [1.807, 2.05) is 6.92 Å². The van der Waals surface area contributed by atoms with Crippen LogP contribution in [0.2, 0.25) is 0 Å². The zero-order valence-corrected chi connectivity index (χ0v) is 16.4. The topological polar surface area (TPSA) is 24.5 Å². The van der Waals surface area contributed by atoms with Crippen LogP contribution < -0.4 is 10.1 Å². The third-order valence-corrected chi connectivity index (χ3v) is 4.45. The molecule has 0 saturated heterocycles. The number of likely N-dealkylation sites (N-methyl/N-ethyl adjacent to an activating group) is 1. The summed E-state index contributed by atoms with van der Waals surface area (Å²) in [5, 5.41) is 3.51. The molecule has 3 nitrogen and oxygen atoms in total. The van der Waals surface area contributed by atoms with Crippen LogP contribution in [0.25, 0.3) is 0 Å². The molecule has 1 rings (SSSR count). The number of benzene rings is 1. The molecule has 0 aliphatic carbocycles. The fraction of sp³-hybridized carbons (Fsp3) is 0.625. The summed E-state index contributed by atoms with van der Waals surface area (Å²) in [6, 6.07) is 4.23. The molecule has 0 atom stereocenters. The van der Waals surface area contributed by atoms with E-state index >= 15 is 0 Å². The number of hydrogen-bond donors (Lipinski definition) is 1. The first-order valence-corrected chi connectivity index (χ1v) is 9.24. The largest absolute Gasteiger partial charge is 0.492 e. The van der Waals surface area contributed by atoms with Crippen molar-refractivity contribution in [2.24, 2.45) is 0 Å². The zero-order chi connectivity index (χ0) is 15.7. The molecule has 21 heavy (non-hydrogen) atoms. The fourth-order valence-electron chi connectivity index (χ4n) is 2.21. The van der Waals surface area contributed by atoms with Gasteiger partial charge >= 0.3 is 0 Å². The number of halogens is 2. The molecule has 0 bridgehead atoms. The van der Waals surface area contributed by atoms with Crippen LogP contribution in [0.15, 0.2) is 21.1 Å². The van der Waals surface area contributed by atoms with Gasteiger partial charge in [0, 0.05) is 19.6 Å². The van der Waals surface area contributed by atoms with Crippen LogP contribution in [0.5, 0.6) is 5.75 Å². The minimum atomic E-state index is 0.666. The van der Waals surface area contributed by atoms with E-state index < -0.39 is 0 Å². The van der Waals surface area contributed by atoms with Crippen LogP contribution in [0.1, 0.15) is 32.8 Å². The Balaban J connectivity index is 2.45. The molecule has 0 amide bonds. The van der Waals surface area contributed by atoms with Gasteiger partial charge in [0.15, 0.2) is 0 Å². The number of nitrogens with one attached hydrogen (secondary N) is 1. The molecule has 0 heterocycles. The van der Waals surface area contributed by atoms with Crippen molar-refractivity contribution in [1.82, 2.24) is 10.2 Å². The van der Waals surface area contributed by atoms with Crippen molar-refractivity contribution >= 4 is 31.9 Å². The average Bonchev–Trinajstić information content (AvgIpc) is 2.46. The second-order valence-corrected chi connectivity index (χ2v) is 6.64. The molecule has 0 aliphatic heterocycles. The predicted octanol–water partition coefficient (Wildman–Crippen LogP) is 4.43. The van der Waals surface area contributed by atoms with Gasteiger partial charge < -0.3 is 15.0 Å². The van der Waals surface area contributed by atoms with E-state index in [1.54, 1.807) is 0 Å². The van der Waals surface area contributed by atoms with E-state index in [4.69, 9.17) is 4.74 Å². The summed E-state index contributed by atoms with van der Waals surface area (Å²) in [4.78, 5) is 2.47. The fourth-order valence-corrected chi connectivity index (χ4v) is 3.72. The van der Waals surface area contributed by atoms with Crippen LogP contribution in [0, 0.1) is 0 Å². The Hall–Kier alpha value is -0.100. The minimum Gasteiger partial charge on any atom is -0.492 e. The van der Waals surface area contributed by atoms with E-state index in [0.717, 1.165) is 40.9 Å². The maximum Gasteiger partial charge on any atom is 0.147 e. The Kier molecular flexibility index (Phi) is 9.56. The highest BCUT2D eigenvalue weighted by Gasteiger charge is 2.08. The van der Waals surface area contributed by atoms with Gasteiger partial charge in [0.2, 0.25) is 0 Å². The van der Waals surface area contributed by atoms with Crippen molar-refractivity contribution in [3.8, 4) is 5.75 Å². The Labute approximate surface area is 145 Å². The van der Waals surface area contributed by atoms with Crippen LogP contribution in [-0.2, 0) is 6.54 Å². The summed E-state index contributed by atoms with van der Waals surface area (Å²) in [5.74, 6) is 0.876. The Morgan fingerprint density at radius 1 is 1.10 bits per heavy atom. The Bertz CT molecular complexity index is 404. The lowest BCUT2D eigenvalue weighted by atomic mass is 10.2. The summed E-state index contributed by atoms with van der Waals surface area (Å²) in [5.41, 5.74) is 1.25. The van der Waals surface area contributed by atoms with Gasteiger partial charge in [-0.05, 0) is 76.0 Å². The molecule has 0 aliphatic rings. The third-order valence-electron chi connectivity index (χ3n) is 3.27. The highest BCUT2D eigenvalue weighted by Crippen LogP contribution is 2.34. The second kappa shape index (κ2) is 10.6. The van der Waals surface area contributed by atoms with Crippen molar-refractivity contribution in [2.45, 2.75) is 33.7 Å². The second-order valence-electron chi connectivity index (χ2n) is 4.93. The van der Waals surface area contributed by atoms with Gasteiger partial charge in [-0.25, -0.2) is 0 Å². The number of rotatable bonds is 10. The molecule has 0 fully saturated rings. The van der Waals surface area contributed by atoms with E-state index in [-0.39, 0.29) is 0 Å². The van der Waals surface area contributed by atoms with Gasteiger partial charge in [-0.2, -0.15) is 0 Å². The molecule has 0 spiro atoms. The lowest BCUT2D eigenvalue weighted by Crippen LogP contribution is -2.32. The molecular formula is C16H26Br2N2O. The maximum atomic E-state index is 5.60. The van der Waals surface area contributed by atoms with E-state index in [9.17, 15) is 0 Å². The van der Waals surface area contributed by atoms with Gasteiger partial charge in [0.05, 0.1) is 15.6 Å². The van der Waals surface area contributed by atoms with Crippen LogP contribution in [0.3, 0.4) is 0 Å². The van der Waals surface area contributed by atoms with Crippen LogP contribution in [0.4, 0.5) is 0 Å². The first-order valence-electron chi connectivity index (χ1n) is 7.66. The first kappa shape index (κ1) is 18.9. The molecule has 0 unspecified atom stereocenters. The van der Waals surface area contributed by atoms with E-state index in [1.165, 1.54) is 18.5 Å². The van der Waals surface area contributed by atoms with Crippen molar-refractivity contribution in [3.63, 3.8) is 0 Å². The van der Waals surface area contributed by atoms with Crippen molar-refractivity contribution in [3.05, 3.63) is 26.6 Å². The van der Waals surface area contributed by atoms with Gasteiger partial charge in [0.25, 0.3) is 0 Å². The lowest BCUT2D eigenvalue weighted by molar-refractivity contribution is 0.287. The van der Waals surface area contributed by atoms with Crippen molar-refractivity contribution < 1.29 is 4.74 Å². The van der Waals surface area contributed by atoms with Gasteiger partial charge in [-0.3, -0.25) is 0 Å². The normalized spacial score (nSPS) is 11.1. The quantitative estimate of drug-likeness (QED) is 0.565. The lowest BCUT2D eigenvalue weighted by Gasteiger charge is -2.19. The third kappa shape index (κ3) is 6.68. The summed E-state index contributed by atoms with van der Waals surface area (Å²) in [7, 11) is 0. The summed E-state index contributed by atoms with van der Waals surface area (Å²) in [6.07, 6.45) is 1.21. The molecule has 0 saturated carbocycles. The van der Waals surface area contributed by atoms with Crippen LogP contribution in [-0.4, -0.2) is 37.7 Å². The monoisotopic (exact) mass is 420 g/mol. The van der Waals surface area contributed by atoms with Gasteiger partial charge in [0.1, 0.15) is 5.75 Å². The average molecular weight is 422 g/mol. The maximum absolute atomic E-state index is 5.60. The summed E-state index contributed by atoms with van der Waals surface area (Å²) >= 11 is 7.14. The predicted molar refractivity (Wildman–Crippen MR) is 97.1 cm³/mol. The van der Waals surface area contributed by atoms with Crippen molar-refractivity contribution in [1.29, 1.82) is 0 Å². The zero-order valence-electron chi connectivity index (χ0n) is 13.2. The molecule has 1 N–H and O–H groups in total. The van der Waals surface area contributed by atoms with Crippen molar-refractivity contribution in [2.75, 3.05) is 32.8 Å². The number of hydrogen-bond acceptors (Lipinski definition) is 3. The van der Waals surface area contributed by atoms with Crippen LogP contribution >= 0.6 is 31.9 Å². The number of ether oxygens (including phenoxy) is 1. The summed E-state index contributed by atoms with van der Waals surface area (Å²) < 4.78 is 7.59. The highest BCUT2D eigenvalue weighted by atomic mass is 79.9. The molecule has 1 aromatic rings. The highest BCUT2D eigenvalue weighted by molar-refractivity contribution is 9.11. The van der Waals surface area contributed by atoms with E-state index in [0.29, 0.717) is 6.61 Å². The Morgan fingerprint density at radius 3 is 2.29 bits per heavy atom.